The predicted molar refractivity (Wildman–Crippen MR) is 82.6 cm³/mol. The largest absolute Gasteiger partial charge is 0.393 e. The van der Waals surface area contributed by atoms with E-state index < -0.39 is 0 Å². The van der Waals surface area contributed by atoms with Crippen molar-refractivity contribution in [1.82, 2.24) is 20.2 Å². The maximum Gasteiger partial charge on any atom is 0.317 e. The minimum absolute atomic E-state index is 0.00928. The van der Waals surface area contributed by atoms with Gasteiger partial charge in [0, 0.05) is 44.6 Å². The lowest BCUT2D eigenvalue weighted by Crippen LogP contribution is -2.54. The molecule has 1 saturated carbocycles. The van der Waals surface area contributed by atoms with E-state index in [2.05, 4.69) is 20.2 Å². The molecular weight excluding hydrogens is 282 g/mol. The summed E-state index contributed by atoms with van der Waals surface area (Å²) in [5, 5.41) is 12.6. The highest BCUT2D eigenvalue weighted by Crippen LogP contribution is 2.18. The lowest BCUT2D eigenvalue weighted by molar-refractivity contribution is 0.115. The molecule has 2 fully saturated rings. The van der Waals surface area contributed by atoms with Crippen LogP contribution in [0.2, 0.25) is 0 Å². The van der Waals surface area contributed by atoms with Crippen LogP contribution in [-0.2, 0) is 0 Å². The number of hydrogen-bond acceptors (Lipinski definition) is 5. The molecule has 2 aliphatic rings. The maximum atomic E-state index is 12.3. The quantitative estimate of drug-likeness (QED) is 0.837. The summed E-state index contributed by atoms with van der Waals surface area (Å²) in [4.78, 5) is 24.7. The fourth-order valence-corrected chi connectivity index (χ4v) is 3.05. The summed E-state index contributed by atoms with van der Waals surface area (Å²) >= 11 is 0. The molecule has 7 nitrogen and oxygen atoms in total. The highest BCUT2D eigenvalue weighted by Gasteiger charge is 2.26. The summed E-state index contributed by atoms with van der Waals surface area (Å²) in [6.07, 6.45) is 6.57. The fraction of sp³-hybridized carbons (Fsp3) is 0.667. The molecule has 1 saturated heterocycles. The molecule has 1 aromatic heterocycles. The number of hydrogen-bond donors (Lipinski definition) is 2. The summed E-state index contributed by atoms with van der Waals surface area (Å²) in [6, 6.07) is 2.01. The van der Waals surface area contributed by atoms with Crippen molar-refractivity contribution in [3.05, 3.63) is 18.5 Å². The Morgan fingerprint density at radius 3 is 2.36 bits per heavy atom. The van der Waals surface area contributed by atoms with Crippen LogP contribution in [-0.4, -0.2) is 64.3 Å². The van der Waals surface area contributed by atoms with E-state index in [4.69, 9.17) is 0 Å². The van der Waals surface area contributed by atoms with Crippen LogP contribution in [0.1, 0.15) is 25.7 Å². The smallest absolute Gasteiger partial charge is 0.317 e. The summed E-state index contributed by atoms with van der Waals surface area (Å²) in [5.74, 6) is 0.726. The van der Waals surface area contributed by atoms with Gasteiger partial charge in [-0.1, -0.05) is 0 Å². The van der Waals surface area contributed by atoms with Crippen molar-refractivity contribution in [2.24, 2.45) is 0 Å². The van der Waals surface area contributed by atoms with E-state index in [9.17, 15) is 9.90 Å². The molecule has 3 rings (SSSR count). The van der Waals surface area contributed by atoms with Crippen LogP contribution in [0.25, 0.3) is 0 Å². The third-order valence-electron chi connectivity index (χ3n) is 4.43. The van der Waals surface area contributed by atoms with Gasteiger partial charge in [-0.25, -0.2) is 14.8 Å². The van der Waals surface area contributed by atoms with E-state index in [0.717, 1.165) is 44.7 Å². The first-order chi connectivity index (χ1) is 10.7. The molecule has 7 heteroatoms. The molecule has 0 aromatic carbocycles. The topological polar surface area (TPSA) is 81.6 Å². The van der Waals surface area contributed by atoms with Gasteiger partial charge in [0.05, 0.1) is 6.10 Å². The molecule has 0 bridgehead atoms. The number of carbonyl (C=O) groups is 1. The van der Waals surface area contributed by atoms with Gasteiger partial charge in [0.1, 0.15) is 0 Å². The molecule has 1 aliphatic heterocycles. The zero-order valence-corrected chi connectivity index (χ0v) is 12.7. The van der Waals surface area contributed by atoms with Crippen LogP contribution in [0.3, 0.4) is 0 Å². The number of amides is 2. The minimum Gasteiger partial charge on any atom is -0.393 e. The number of anilines is 1. The number of urea groups is 1. The van der Waals surface area contributed by atoms with E-state index in [1.807, 2.05) is 4.90 Å². The van der Waals surface area contributed by atoms with Crippen molar-refractivity contribution in [1.29, 1.82) is 0 Å². The van der Waals surface area contributed by atoms with Gasteiger partial charge in [-0.3, -0.25) is 0 Å². The normalized spacial score (nSPS) is 25.9. The van der Waals surface area contributed by atoms with E-state index in [-0.39, 0.29) is 18.2 Å². The second-order valence-corrected chi connectivity index (χ2v) is 5.98. The van der Waals surface area contributed by atoms with Gasteiger partial charge < -0.3 is 20.2 Å². The van der Waals surface area contributed by atoms with Crippen molar-refractivity contribution in [3.8, 4) is 0 Å². The maximum absolute atomic E-state index is 12.3. The average Bonchev–Trinajstić information content (AvgIpc) is 2.58. The first-order valence-electron chi connectivity index (χ1n) is 7.98. The highest BCUT2D eigenvalue weighted by atomic mass is 16.3. The molecule has 0 atom stereocenters. The monoisotopic (exact) mass is 305 g/mol. The Morgan fingerprint density at radius 1 is 1.09 bits per heavy atom. The van der Waals surface area contributed by atoms with Crippen LogP contribution in [0, 0.1) is 0 Å². The summed E-state index contributed by atoms with van der Waals surface area (Å²) in [5.41, 5.74) is 0. The van der Waals surface area contributed by atoms with Gasteiger partial charge in [0.25, 0.3) is 0 Å². The average molecular weight is 305 g/mol. The number of aliphatic hydroxyl groups is 1. The van der Waals surface area contributed by atoms with Crippen molar-refractivity contribution < 1.29 is 9.90 Å². The fourth-order valence-electron chi connectivity index (χ4n) is 3.05. The SMILES string of the molecule is O=C(NC1CCC(O)CC1)N1CCN(c2ncccn2)CC1. The Balaban J connectivity index is 1.46. The zero-order chi connectivity index (χ0) is 15.4. The summed E-state index contributed by atoms with van der Waals surface area (Å²) in [7, 11) is 0. The molecule has 120 valence electrons. The number of rotatable bonds is 2. The van der Waals surface area contributed by atoms with Gasteiger partial charge in [-0.15, -0.1) is 0 Å². The van der Waals surface area contributed by atoms with Gasteiger partial charge in [0.15, 0.2) is 0 Å². The lowest BCUT2D eigenvalue weighted by Gasteiger charge is -2.36. The van der Waals surface area contributed by atoms with Gasteiger partial charge in [-0.05, 0) is 31.7 Å². The third kappa shape index (κ3) is 3.65. The molecular formula is C15H23N5O2. The second-order valence-electron chi connectivity index (χ2n) is 5.98. The number of aliphatic hydroxyl groups excluding tert-OH is 1. The van der Waals surface area contributed by atoms with Crippen LogP contribution in [0.4, 0.5) is 10.7 Å². The molecule has 0 radical (unpaired) electrons. The first kappa shape index (κ1) is 15.0. The van der Waals surface area contributed by atoms with Crippen LogP contribution in [0.15, 0.2) is 18.5 Å². The Bertz CT molecular complexity index is 482. The number of nitrogens with one attached hydrogen (secondary N) is 1. The van der Waals surface area contributed by atoms with Crippen LogP contribution < -0.4 is 10.2 Å². The number of nitrogens with zero attached hydrogens (tertiary/aromatic N) is 4. The lowest BCUT2D eigenvalue weighted by atomic mass is 9.93. The van der Waals surface area contributed by atoms with E-state index in [1.54, 1.807) is 18.5 Å². The Morgan fingerprint density at radius 2 is 1.73 bits per heavy atom. The Kier molecular flexibility index (Phi) is 4.72. The molecule has 0 unspecified atom stereocenters. The predicted octanol–water partition coefficient (Wildman–Crippen LogP) is 0.612. The molecule has 2 N–H and O–H groups in total. The van der Waals surface area contributed by atoms with Gasteiger partial charge in [-0.2, -0.15) is 0 Å². The van der Waals surface area contributed by atoms with E-state index >= 15 is 0 Å². The van der Waals surface area contributed by atoms with Crippen molar-refractivity contribution in [2.75, 3.05) is 31.1 Å². The molecule has 2 heterocycles. The van der Waals surface area contributed by atoms with Crippen LogP contribution >= 0.6 is 0 Å². The summed E-state index contributed by atoms with van der Waals surface area (Å²) in [6.45, 7) is 2.86. The number of piperazine rings is 1. The van der Waals surface area contributed by atoms with Crippen molar-refractivity contribution in [2.45, 2.75) is 37.8 Å². The highest BCUT2D eigenvalue weighted by molar-refractivity contribution is 5.74. The zero-order valence-electron chi connectivity index (χ0n) is 12.7. The molecule has 2 amide bonds. The van der Waals surface area contributed by atoms with Crippen LogP contribution in [0.5, 0.6) is 0 Å². The Hall–Kier alpha value is -1.89. The van der Waals surface area contributed by atoms with E-state index in [0.29, 0.717) is 13.1 Å². The molecule has 22 heavy (non-hydrogen) atoms. The van der Waals surface area contributed by atoms with Gasteiger partial charge >= 0.3 is 6.03 Å². The standard InChI is InChI=1S/C15H23N5O2/c21-13-4-2-12(3-5-13)18-15(22)20-10-8-19(9-11-20)14-16-6-1-7-17-14/h1,6-7,12-13,21H,2-5,8-11H2,(H,18,22). The van der Waals surface area contributed by atoms with Crippen molar-refractivity contribution >= 4 is 12.0 Å². The van der Waals surface area contributed by atoms with E-state index in [1.165, 1.54) is 0 Å². The molecule has 1 aromatic rings. The molecule has 1 aliphatic carbocycles. The third-order valence-corrected chi connectivity index (χ3v) is 4.43. The second kappa shape index (κ2) is 6.91. The Labute approximate surface area is 130 Å². The number of carbonyl (C=O) groups excluding carboxylic acids is 1. The first-order valence-corrected chi connectivity index (χ1v) is 7.98. The van der Waals surface area contributed by atoms with Gasteiger partial charge in [0.2, 0.25) is 5.95 Å². The number of aromatic nitrogens is 2. The molecule has 0 spiro atoms. The summed E-state index contributed by atoms with van der Waals surface area (Å²) < 4.78 is 0. The minimum atomic E-state index is -0.192. The van der Waals surface area contributed by atoms with Crippen molar-refractivity contribution in [3.63, 3.8) is 0 Å².